The molecule has 0 aliphatic carbocycles. The van der Waals surface area contributed by atoms with Crippen LogP contribution in [0.3, 0.4) is 0 Å². The van der Waals surface area contributed by atoms with E-state index in [0.29, 0.717) is 0 Å². The van der Waals surface area contributed by atoms with Gasteiger partial charge in [-0.25, -0.2) is 0 Å². The summed E-state index contributed by atoms with van der Waals surface area (Å²) < 4.78 is 0. The number of carbonyl (C=O) groups excluding carboxylic acids is 3. The van der Waals surface area contributed by atoms with Crippen LogP contribution >= 0.6 is 0 Å². The molecule has 0 radical (unpaired) electrons. The maximum Gasteiger partial charge on any atom is 4.00 e. The normalized spacial score (nSPS) is 6.43. The molecular weight excluding hydrogens is 269 g/mol. The van der Waals surface area contributed by atoms with Gasteiger partial charge in [-0.1, -0.05) is 19.8 Å². The molecule has 0 saturated heterocycles. The minimum atomic E-state index is 0. The van der Waals surface area contributed by atoms with Crippen LogP contribution in [-0.4, -0.2) is 20.4 Å². The SMILES string of the molecule is C[C-](C)CC(C)C.[CH-]=O.[CH-]=O.[CH-]=O.[Ru+4]. The first-order valence-electron chi connectivity index (χ1n) is 3.62. The third-order valence-electron chi connectivity index (χ3n) is 0.816. The summed E-state index contributed by atoms with van der Waals surface area (Å²) in [4.78, 5) is 23.2. The Morgan fingerprint density at radius 1 is 0.929 bits per heavy atom. The van der Waals surface area contributed by atoms with Gasteiger partial charge in [0.2, 0.25) is 0 Å². The van der Waals surface area contributed by atoms with E-state index in [4.69, 9.17) is 14.4 Å². The van der Waals surface area contributed by atoms with Crippen LogP contribution in [0.15, 0.2) is 0 Å². The second-order valence-corrected chi connectivity index (χ2v) is 2.81. The average Bonchev–Trinajstić information content (AvgIpc) is 2.12. The second kappa shape index (κ2) is 38.9. The molecule has 0 heterocycles. The summed E-state index contributed by atoms with van der Waals surface area (Å²) in [7, 11) is 0. The predicted molar refractivity (Wildman–Crippen MR) is 54.3 cm³/mol. The molecule has 0 fully saturated rings. The minimum absolute atomic E-state index is 0. The van der Waals surface area contributed by atoms with Gasteiger partial charge < -0.3 is 20.3 Å². The van der Waals surface area contributed by atoms with Crippen LogP contribution in [0.4, 0.5) is 0 Å². The van der Waals surface area contributed by atoms with Gasteiger partial charge in [0.05, 0.1) is 0 Å². The Morgan fingerprint density at radius 2 is 1.14 bits per heavy atom. The first-order chi connectivity index (χ1) is 6.13. The van der Waals surface area contributed by atoms with Gasteiger partial charge in [-0.15, -0.1) is 0 Å². The molecule has 0 aliphatic rings. The molecule has 0 aromatic rings. The van der Waals surface area contributed by atoms with Crippen LogP contribution in [0.5, 0.6) is 0 Å². The summed E-state index contributed by atoms with van der Waals surface area (Å²) in [5.74, 6) is 2.38. The van der Waals surface area contributed by atoms with Gasteiger partial charge in [0.15, 0.2) is 0 Å². The molecule has 0 spiro atoms. The van der Waals surface area contributed by atoms with Crippen LogP contribution in [0.2, 0.25) is 0 Å². The fourth-order valence-corrected chi connectivity index (χ4v) is 0.816. The molecule has 0 N–H and O–H groups in total. The van der Waals surface area contributed by atoms with Gasteiger partial charge >= 0.3 is 19.5 Å². The Hall–Kier alpha value is -0.367. The Balaban J connectivity index is -0.0000000332. The minimum Gasteiger partial charge on any atom is -0.545 e. The van der Waals surface area contributed by atoms with Crippen molar-refractivity contribution in [3.63, 3.8) is 0 Å². The molecule has 0 rings (SSSR count). The summed E-state index contributed by atoms with van der Waals surface area (Å²) in [6.45, 7) is 18.6. The summed E-state index contributed by atoms with van der Waals surface area (Å²) >= 11 is 0. The van der Waals surface area contributed by atoms with E-state index in [1.807, 2.05) is 0 Å². The van der Waals surface area contributed by atoms with Crippen molar-refractivity contribution in [3.05, 3.63) is 5.92 Å². The third-order valence-corrected chi connectivity index (χ3v) is 0.816. The van der Waals surface area contributed by atoms with Crippen molar-refractivity contribution >= 4 is 20.4 Å². The molecular formula is C10H18O3Ru. The fourth-order valence-electron chi connectivity index (χ4n) is 0.816. The van der Waals surface area contributed by atoms with Gasteiger partial charge in [0.1, 0.15) is 0 Å². The third kappa shape index (κ3) is 99.6. The zero-order chi connectivity index (χ0) is 11.9. The zero-order valence-electron chi connectivity index (χ0n) is 9.09. The molecule has 4 heteroatoms. The van der Waals surface area contributed by atoms with Crippen molar-refractivity contribution in [1.29, 1.82) is 0 Å². The van der Waals surface area contributed by atoms with E-state index in [-0.39, 0.29) is 19.5 Å². The molecule has 0 bridgehead atoms. The van der Waals surface area contributed by atoms with Crippen LogP contribution in [0.25, 0.3) is 0 Å². The fraction of sp³-hybridized carbons (Fsp3) is 0.600. The van der Waals surface area contributed by atoms with Crippen molar-refractivity contribution < 1.29 is 33.9 Å². The molecule has 0 aliphatic heterocycles. The molecule has 14 heavy (non-hydrogen) atoms. The van der Waals surface area contributed by atoms with E-state index in [0.717, 1.165) is 5.92 Å². The first-order valence-corrected chi connectivity index (χ1v) is 3.62. The van der Waals surface area contributed by atoms with E-state index in [9.17, 15) is 0 Å². The summed E-state index contributed by atoms with van der Waals surface area (Å²) in [6, 6.07) is 0. The van der Waals surface area contributed by atoms with E-state index in [1.54, 1.807) is 0 Å². The van der Waals surface area contributed by atoms with E-state index < -0.39 is 0 Å². The number of rotatable bonds is 2. The average molecular weight is 287 g/mol. The molecule has 0 saturated carbocycles. The van der Waals surface area contributed by atoms with E-state index in [2.05, 4.69) is 48.1 Å². The molecule has 84 valence electrons. The van der Waals surface area contributed by atoms with Crippen LogP contribution in [-0.2, 0) is 33.9 Å². The van der Waals surface area contributed by atoms with Crippen molar-refractivity contribution in [2.75, 3.05) is 0 Å². The first kappa shape index (κ1) is 29.2. The van der Waals surface area contributed by atoms with Crippen molar-refractivity contribution in [2.24, 2.45) is 5.92 Å². The monoisotopic (exact) mass is 288 g/mol. The van der Waals surface area contributed by atoms with Gasteiger partial charge in [-0.05, 0) is 0 Å². The summed E-state index contributed by atoms with van der Waals surface area (Å²) in [5.41, 5.74) is 0. The summed E-state index contributed by atoms with van der Waals surface area (Å²) in [5, 5.41) is 0. The maximum absolute atomic E-state index is 7.75. The van der Waals surface area contributed by atoms with Crippen LogP contribution < -0.4 is 0 Å². The molecule has 0 unspecified atom stereocenters. The topological polar surface area (TPSA) is 51.2 Å². The molecule has 0 aromatic carbocycles. The zero-order valence-corrected chi connectivity index (χ0v) is 10.8. The maximum atomic E-state index is 7.75. The van der Waals surface area contributed by atoms with E-state index in [1.165, 1.54) is 12.3 Å². The Labute approximate surface area is 100 Å². The Bertz CT molecular complexity index is 67.0. The standard InChI is InChI=1S/C7H15.3CHO.Ru/c1-6(2)5-7(3)4;3*1-2;/h6H,5H2,1-4H3;3*1H;/q4*-1;+4. The van der Waals surface area contributed by atoms with Gasteiger partial charge in [0.25, 0.3) is 0 Å². The van der Waals surface area contributed by atoms with Crippen molar-refractivity contribution in [1.82, 2.24) is 0 Å². The van der Waals surface area contributed by atoms with Crippen LogP contribution in [0, 0.1) is 11.8 Å². The number of hydrogen-bond acceptors (Lipinski definition) is 3. The smallest absolute Gasteiger partial charge is 0.545 e. The molecule has 0 atom stereocenters. The molecule has 0 aromatic heterocycles. The Morgan fingerprint density at radius 3 is 1.14 bits per heavy atom. The van der Waals surface area contributed by atoms with Crippen molar-refractivity contribution in [3.8, 4) is 0 Å². The van der Waals surface area contributed by atoms with Gasteiger partial charge in [0, 0.05) is 0 Å². The van der Waals surface area contributed by atoms with Crippen LogP contribution in [0.1, 0.15) is 34.1 Å². The van der Waals surface area contributed by atoms with E-state index >= 15 is 0 Å². The number of hydrogen-bond donors (Lipinski definition) is 0. The van der Waals surface area contributed by atoms with Gasteiger partial charge in [-0.2, -0.15) is 20.3 Å². The molecule has 0 amide bonds. The quantitative estimate of drug-likeness (QED) is 0.442. The van der Waals surface area contributed by atoms with Gasteiger partial charge in [-0.3, -0.25) is 20.4 Å². The Kier molecular flexibility index (Phi) is 81.0. The summed E-state index contributed by atoms with van der Waals surface area (Å²) in [6.07, 6.45) is 1.28. The predicted octanol–water partition coefficient (Wildman–Crippen LogP) is 1.82. The molecule has 3 nitrogen and oxygen atoms in total. The van der Waals surface area contributed by atoms with Crippen molar-refractivity contribution in [2.45, 2.75) is 34.1 Å². The largest absolute Gasteiger partial charge is 4.00 e. The second-order valence-electron chi connectivity index (χ2n) is 2.81.